The van der Waals surface area contributed by atoms with Gasteiger partial charge in [0, 0.05) is 6.54 Å². The van der Waals surface area contributed by atoms with Crippen molar-refractivity contribution in [2.45, 2.75) is 6.54 Å². The molecule has 3 nitrogen and oxygen atoms in total. The third-order valence-corrected chi connectivity index (χ3v) is 2.57. The van der Waals surface area contributed by atoms with Gasteiger partial charge in [0.15, 0.2) is 5.82 Å². The van der Waals surface area contributed by atoms with Gasteiger partial charge in [0.25, 0.3) is 5.91 Å². The highest BCUT2D eigenvalue weighted by Crippen LogP contribution is 2.14. The Morgan fingerprint density at radius 1 is 1.11 bits per heavy atom. The van der Waals surface area contributed by atoms with Gasteiger partial charge < -0.3 is 11.1 Å². The number of anilines is 1. The molecule has 0 heterocycles. The maximum Gasteiger partial charge on any atom is 0.254 e. The summed E-state index contributed by atoms with van der Waals surface area (Å²) < 4.78 is 13.6. The molecule has 2 rings (SSSR count). The van der Waals surface area contributed by atoms with Crippen molar-refractivity contribution in [3.8, 4) is 0 Å². The Labute approximate surface area is 104 Å². The van der Waals surface area contributed by atoms with Crippen LogP contribution in [0.5, 0.6) is 0 Å². The van der Waals surface area contributed by atoms with Crippen LogP contribution in [0.2, 0.25) is 0 Å². The Balaban J connectivity index is 2.07. The molecule has 2 aromatic carbocycles. The van der Waals surface area contributed by atoms with Crippen LogP contribution in [0.1, 0.15) is 15.9 Å². The number of nitrogen functional groups attached to an aromatic ring is 1. The predicted octanol–water partition coefficient (Wildman–Crippen LogP) is 2.34. The first-order valence-electron chi connectivity index (χ1n) is 5.54. The zero-order valence-corrected chi connectivity index (χ0v) is 9.69. The van der Waals surface area contributed by atoms with Gasteiger partial charge in [-0.05, 0) is 17.7 Å². The summed E-state index contributed by atoms with van der Waals surface area (Å²) in [6.45, 7) is 0.355. The SMILES string of the molecule is Nc1cccc(C(=O)NCc2ccccc2)c1F. The second-order valence-electron chi connectivity index (χ2n) is 3.88. The molecule has 0 aliphatic heterocycles. The summed E-state index contributed by atoms with van der Waals surface area (Å²) in [5.41, 5.74) is 6.30. The lowest BCUT2D eigenvalue weighted by Gasteiger charge is -2.07. The normalized spacial score (nSPS) is 10.1. The maximum atomic E-state index is 13.6. The molecule has 0 saturated carbocycles. The van der Waals surface area contributed by atoms with Crippen LogP contribution in [0, 0.1) is 5.82 Å². The van der Waals surface area contributed by atoms with Crippen molar-refractivity contribution >= 4 is 11.6 Å². The highest BCUT2D eigenvalue weighted by atomic mass is 19.1. The highest BCUT2D eigenvalue weighted by Gasteiger charge is 2.12. The van der Waals surface area contributed by atoms with Gasteiger partial charge in [-0.3, -0.25) is 4.79 Å². The van der Waals surface area contributed by atoms with Gasteiger partial charge >= 0.3 is 0 Å². The van der Waals surface area contributed by atoms with Crippen LogP contribution in [0.3, 0.4) is 0 Å². The van der Waals surface area contributed by atoms with E-state index in [4.69, 9.17) is 5.73 Å². The summed E-state index contributed by atoms with van der Waals surface area (Å²) in [4.78, 5) is 11.8. The number of carbonyl (C=O) groups excluding carboxylic acids is 1. The molecule has 0 atom stereocenters. The van der Waals surface area contributed by atoms with Crippen molar-refractivity contribution in [3.63, 3.8) is 0 Å². The lowest BCUT2D eigenvalue weighted by Crippen LogP contribution is -2.24. The zero-order valence-electron chi connectivity index (χ0n) is 9.69. The molecule has 0 spiro atoms. The van der Waals surface area contributed by atoms with E-state index in [1.165, 1.54) is 12.1 Å². The fourth-order valence-electron chi connectivity index (χ4n) is 1.60. The van der Waals surface area contributed by atoms with Crippen molar-refractivity contribution in [3.05, 3.63) is 65.5 Å². The number of nitrogens with two attached hydrogens (primary N) is 1. The number of rotatable bonds is 3. The molecule has 0 aliphatic carbocycles. The molecule has 0 fully saturated rings. The van der Waals surface area contributed by atoms with Crippen LogP contribution in [-0.4, -0.2) is 5.91 Å². The van der Waals surface area contributed by atoms with E-state index in [9.17, 15) is 9.18 Å². The quantitative estimate of drug-likeness (QED) is 0.814. The number of carbonyl (C=O) groups is 1. The van der Waals surface area contributed by atoms with Crippen LogP contribution in [0.4, 0.5) is 10.1 Å². The zero-order chi connectivity index (χ0) is 13.0. The molecule has 0 aromatic heterocycles. The Hall–Kier alpha value is -2.36. The molecule has 4 heteroatoms. The molecule has 92 valence electrons. The minimum atomic E-state index is -0.678. The van der Waals surface area contributed by atoms with E-state index in [2.05, 4.69) is 5.32 Å². The number of hydrogen-bond acceptors (Lipinski definition) is 2. The van der Waals surface area contributed by atoms with Crippen molar-refractivity contribution < 1.29 is 9.18 Å². The van der Waals surface area contributed by atoms with Gasteiger partial charge in [-0.1, -0.05) is 36.4 Å². The standard InChI is InChI=1S/C14H13FN2O/c15-13-11(7-4-8-12(13)16)14(18)17-9-10-5-2-1-3-6-10/h1-8H,9,16H2,(H,17,18). The first kappa shape index (κ1) is 12.1. The van der Waals surface area contributed by atoms with Gasteiger partial charge in [-0.25, -0.2) is 4.39 Å². The van der Waals surface area contributed by atoms with Crippen molar-refractivity contribution in [1.29, 1.82) is 0 Å². The molecule has 1 amide bonds. The molecule has 0 aliphatic rings. The first-order chi connectivity index (χ1) is 8.68. The van der Waals surface area contributed by atoms with Gasteiger partial charge in [0.05, 0.1) is 11.3 Å². The Morgan fingerprint density at radius 3 is 2.56 bits per heavy atom. The summed E-state index contributed by atoms with van der Waals surface area (Å²) in [7, 11) is 0. The van der Waals surface area contributed by atoms with Gasteiger partial charge in [-0.2, -0.15) is 0 Å². The van der Waals surface area contributed by atoms with Gasteiger partial charge in [-0.15, -0.1) is 0 Å². The number of hydrogen-bond donors (Lipinski definition) is 2. The molecule has 0 bridgehead atoms. The summed E-state index contributed by atoms with van der Waals surface area (Å²) in [5.74, 6) is -1.15. The van der Waals surface area contributed by atoms with Crippen molar-refractivity contribution in [2.75, 3.05) is 5.73 Å². The van der Waals surface area contributed by atoms with E-state index in [-0.39, 0.29) is 11.3 Å². The van der Waals surface area contributed by atoms with Crippen LogP contribution in [-0.2, 0) is 6.54 Å². The minimum Gasteiger partial charge on any atom is -0.396 e. The number of halogens is 1. The summed E-state index contributed by atoms with van der Waals surface area (Å²) in [5, 5.41) is 2.65. The second-order valence-corrected chi connectivity index (χ2v) is 3.88. The summed E-state index contributed by atoms with van der Waals surface area (Å²) in [6.07, 6.45) is 0. The molecule has 3 N–H and O–H groups in total. The number of nitrogens with one attached hydrogen (secondary N) is 1. The first-order valence-corrected chi connectivity index (χ1v) is 5.54. The fourth-order valence-corrected chi connectivity index (χ4v) is 1.60. The fraction of sp³-hybridized carbons (Fsp3) is 0.0714. The monoisotopic (exact) mass is 244 g/mol. The van der Waals surface area contributed by atoms with Crippen molar-refractivity contribution in [2.24, 2.45) is 0 Å². The van der Waals surface area contributed by atoms with Crippen LogP contribution < -0.4 is 11.1 Å². The van der Waals surface area contributed by atoms with E-state index in [1.54, 1.807) is 6.07 Å². The van der Waals surface area contributed by atoms with Crippen molar-refractivity contribution in [1.82, 2.24) is 5.32 Å². The lowest BCUT2D eigenvalue weighted by molar-refractivity contribution is 0.0947. The average Bonchev–Trinajstić information content (AvgIpc) is 2.40. The molecular weight excluding hydrogens is 231 g/mol. The Bertz CT molecular complexity index is 555. The van der Waals surface area contributed by atoms with Gasteiger partial charge in [0.1, 0.15) is 0 Å². The largest absolute Gasteiger partial charge is 0.396 e. The third kappa shape index (κ3) is 2.66. The molecule has 18 heavy (non-hydrogen) atoms. The predicted molar refractivity (Wildman–Crippen MR) is 68.4 cm³/mol. The lowest BCUT2D eigenvalue weighted by atomic mass is 10.1. The highest BCUT2D eigenvalue weighted by molar-refractivity contribution is 5.95. The van der Waals surface area contributed by atoms with Gasteiger partial charge in [0.2, 0.25) is 0 Å². The van der Waals surface area contributed by atoms with E-state index >= 15 is 0 Å². The Morgan fingerprint density at radius 2 is 1.83 bits per heavy atom. The molecule has 0 saturated heterocycles. The average molecular weight is 244 g/mol. The van der Waals surface area contributed by atoms with Crippen LogP contribution in [0.25, 0.3) is 0 Å². The van der Waals surface area contributed by atoms with Crippen LogP contribution >= 0.6 is 0 Å². The number of benzene rings is 2. The topological polar surface area (TPSA) is 55.1 Å². The second kappa shape index (κ2) is 5.31. The third-order valence-electron chi connectivity index (χ3n) is 2.57. The smallest absolute Gasteiger partial charge is 0.254 e. The molecule has 0 radical (unpaired) electrons. The molecular formula is C14H13FN2O. The van der Waals surface area contributed by atoms with Crippen LogP contribution in [0.15, 0.2) is 48.5 Å². The van der Waals surface area contributed by atoms with E-state index in [0.29, 0.717) is 6.54 Å². The summed E-state index contributed by atoms with van der Waals surface area (Å²) >= 11 is 0. The molecule has 0 unspecified atom stereocenters. The maximum absolute atomic E-state index is 13.6. The molecule has 2 aromatic rings. The number of amides is 1. The summed E-state index contributed by atoms with van der Waals surface area (Å²) in [6, 6.07) is 13.8. The minimum absolute atomic E-state index is 0.0256. The Kier molecular flexibility index (Phi) is 3.57. The van der Waals surface area contributed by atoms with E-state index < -0.39 is 11.7 Å². The van der Waals surface area contributed by atoms with E-state index in [0.717, 1.165) is 5.56 Å². The van der Waals surface area contributed by atoms with E-state index in [1.807, 2.05) is 30.3 Å².